The lowest BCUT2D eigenvalue weighted by molar-refractivity contribution is 0.574. The molecule has 146 valence electrons. The number of sulfonamides is 2. The van der Waals surface area contributed by atoms with Gasteiger partial charge in [0.05, 0.1) is 16.3 Å². The van der Waals surface area contributed by atoms with Gasteiger partial charge in [-0.3, -0.25) is 4.31 Å². The molecule has 2 aromatic carbocycles. The summed E-state index contributed by atoms with van der Waals surface area (Å²) >= 11 is 0. The monoisotopic (exact) mass is 408 g/mol. The molecular weight excluding hydrogens is 384 g/mol. The van der Waals surface area contributed by atoms with Gasteiger partial charge in [-0.15, -0.1) is 0 Å². The Kier molecular flexibility index (Phi) is 5.60. The van der Waals surface area contributed by atoms with Gasteiger partial charge in [0.15, 0.2) is 0 Å². The zero-order chi connectivity index (χ0) is 19.7. The second kappa shape index (κ2) is 7.61. The molecule has 1 aliphatic rings. The first-order valence-corrected chi connectivity index (χ1v) is 12.0. The molecule has 8 heteroatoms. The molecule has 1 N–H and O–H groups in total. The van der Waals surface area contributed by atoms with E-state index in [1.54, 1.807) is 26.0 Å². The molecule has 0 bridgehead atoms. The molecule has 0 amide bonds. The normalized spacial score (nSPS) is 17.0. The first-order valence-electron chi connectivity index (χ1n) is 8.86. The number of anilines is 1. The van der Waals surface area contributed by atoms with Gasteiger partial charge in [-0.2, -0.15) is 0 Å². The minimum atomic E-state index is -3.71. The Morgan fingerprint density at radius 3 is 2.41 bits per heavy atom. The van der Waals surface area contributed by atoms with E-state index in [-0.39, 0.29) is 17.2 Å². The fraction of sp³-hybridized carbons (Fsp3) is 0.368. The third-order valence-electron chi connectivity index (χ3n) is 4.71. The van der Waals surface area contributed by atoms with E-state index in [0.29, 0.717) is 29.8 Å². The molecular formula is C19H24N2O4S2. The molecule has 0 spiro atoms. The zero-order valence-corrected chi connectivity index (χ0v) is 17.1. The van der Waals surface area contributed by atoms with Crippen LogP contribution >= 0.6 is 0 Å². The van der Waals surface area contributed by atoms with E-state index in [1.807, 2.05) is 30.3 Å². The standard InChI is InChI=1S/C19H24N2O4S2/c1-15-13-19(27(24,25)20-14-17-8-4-3-5-9-17)16(2)12-18(15)21-10-6-7-11-26(21,22)23/h3-5,8-9,12-13,20H,6-7,10-11,14H2,1-2H3. The second-order valence-electron chi connectivity index (χ2n) is 6.81. The van der Waals surface area contributed by atoms with Crippen molar-refractivity contribution in [1.82, 2.24) is 4.72 Å². The van der Waals surface area contributed by atoms with Crippen molar-refractivity contribution < 1.29 is 16.8 Å². The number of hydrogen-bond acceptors (Lipinski definition) is 4. The summed E-state index contributed by atoms with van der Waals surface area (Å²) in [5, 5.41) is 0. The molecule has 1 heterocycles. The molecule has 6 nitrogen and oxygen atoms in total. The molecule has 1 saturated heterocycles. The highest BCUT2D eigenvalue weighted by Gasteiger charge is 2.28. The highest BCUT2D eigenvalue weighted by Crippen LogP contribution is 2.31. The third-order valence-corrected chi connectivity index (χ3v) is 8.11. The Balaban J connectivity index is 1.90. The highest BCUT2D eigenvalue weighted by molar-refractivity contribution is 7.92. The van der Waals surface area contributed by atoms with Gasteiger partial charge in [0, 0.05) is 13.1 Å². The lowest BCUT2D eigenvalue weighted by Gasteiger charge is -2.30. The molecule has 0 atom stereocenters. The average Bonchev–Trinajstić information content (AvgIpc) is 2.62. The van der Waals surface area contributed by atoms with Crippen LogP contribution in [0.3, 0.4) is 0 Å². The molecule has 1 fully saturated rings. The van der Waals surface area contributed by atoms with Crippen molar-refractivity contribution in [2.24, 2.45) is 0 Å². The summed E-state index contributed by atoms with van der Waals surface area (Å²) in [5.74, 6) is 0.129. The predicted molar refractivity (Wildman–Crippen MR) is 107 cm³/mol. The summed E-state index contributed by atoms with van der Waals surface area (Å²) < 4.78 is 54.3. The fourth-order valence-electron chi connectivity index (χ4n) is 3.24. The van der Waals surface area contributed by atoms with Crippen LogP contribution in [0.25, 0.3) is 0 Å². The number of aryl methyl sites for hydroxylation is 2. The van der Waals surface area contributed by atoms with Crippen LogP contribution in [0, 0.1) is 13.8 Å². The van der Waals surface area contributed by atoms with E-state index in [4.69, 9.17) is 0 Å². The third kappa shape index (κ3) is 4.34. The summed E-state index contributed by atoms with van der Waals surface area (Å²) in [6.45, 7) is 4.07. The Hall–Kier alpha value is -1.90. The van der Waals surface area contributed by atoms with Crippen molar-refractivity contribution in [2.75, 3.05) is 16.6 Å². The lowest BCUT2D eigenvalue weighted by Crippen LogP contribution is -2.38. The lowest BCUT2D eigenvalue weighted by atomic mass is 10.1. The average molecular weight is 409 g/mol. The van der Waals surface area contributed by atoms with Gasteiger partial charge in [-0.25, -0.2) is 21.6 Å². The van der Waals surface area contributed by atoms with E-state index in [9.17, 15) is 16.8 Å². The minimum absolute atomic E-state index is 0.129. The summed E-state index contributed by atoms with van der Waals surface area (Å²) in [5.41, 5.74) is 2.59. The second-order valence-corrected chi connectivity index (χ2v) is 10.6. The maximum Gasteiger partial charge on any atom is 0.241 e. The molecule has 1 aliphatic heterocycles. The zero-order valence-electron chi connectivity index (χ0n) is 15.5. The molecule has 27 heavy (non-hydrogen) atoms. The molecule has 0 saturated carbocycles. The minimum Gasteiger partial charge on any atom is -0.270 e. The van der Waals surface area contributed by atoms with Gasteiger partial charge in [-0.1, -0.05) is 30.3 Å². The van der Waals surface area contributed by atoms with E-state index in [2.05, 4.69) is 4.72 Å². The Bertz CT molecular complexity index is 1030. The van der Waals surface area contributed by atoms with Crippen LogP contribution in [0.1, 0.15) is 29.5 Å². The summed E-state index contributed by atoms with van der Waals surface area (Å²) in [6.07, 6.45) is 1.46. The van der Waals surface area contributed by atoms with Gasteiger partial charge < -0.3 is 0 Å². The van der Waals surface area contributed by atoms with Gasteiger partial charge in [0.2, 0.25) is 20.0 Å². The predicted octanol–water partition coefficient (Wildman–Crippen LogP) is 2.71. The van der Waals surface area contributed by atoms with Gasteiger partial charge in [0.1, 0.15) is 0 Å². The number of nitrogens with one attached hydrogen (secondary N) is 1. The van der Waals surface area contributed by atoms with Gasteiger partial charge in [0.25, 0.3) is 0 Å². The topological polar surface area (TPSA) is 83.6 Å². The SMILES string of the molecule is Cc1cc(S(=O)(=O)NCc2ccccc2)c(C)cc1N1CCCCS1(=O)=O. The van der Waals surface area contributed by atoms with Crippen LogP contribution in [0.2, 0.25) is 0 Å². The van der Waals surface area contributed by atoms with Crippen LogP contribution in [-0.2, 0) is 26.6 Å². The van der Waals surface area contributed by atoms with Crippen molar-refractivity contribution in [3.8, 4) is 0 Å². The summed E-state index contributed by atoms with van der Waals surface area (Å²) in [6, 6.07) is 12.5. The van der Waals surface area contributed by atoms with E-state index >= 15 is 0 Å². The van der Waals surface area contributed by atoms with Crippen molar-refractivity contribution >= 4 is 25.7 Å². The first-order chi connectivity index (χ1) is 12.7. The fourth-order valence-corrected chi connectivity index (χ4v) is 6.26. The largest absolute Gasteiger partial charge is 0.270 e. The number of nitrogens with zero attached hydrogens (tertiary/aromatic N) is 1. The van der Waals surface area contributed by atoms with Crippen LogP contribution < -0.4 is 9.03 Å². The maximum absolute atomic E-state index is 12.8. The van der Waals surface area contributed by atoms with Crippen LogP contribution in [-0.4, -0.2) is 29.1 Å². The summed E-state index contributed by atoms with van der Waals surface area (Å²) in [7, 11) is -7.05. The van der Waals surface area contributed by atoms with E-state index < -0.39 is 20.0 Å². The first kappa shape index (κ1) is 19.9. The number of rotatable bonds is 5. The van der Waals surface area contributed by atoms with Gasteiger partial charge in [-0.05, 0) is 55.5 Å². The molecule has 3 rings (SSSR count). The summed E-state index contributed by atoms with van der Waals surface area (Å²) in [4.78, 5) is 0.175. The maximum atomic E-state index is 12.8. The number of hydrogen-bond donors (Lipinski definition) is 1. The quantitative estimate of drug-likeness (QED) is 0.825. The van der Waals surface area contributed by atoms with Crippen molar-refractivity contribution in [3.63, 3.8) is 0 Å². The van der Waals surface area contributed by atoms with Crippen molar-refractivity contribution in [3.05, 3.63) is 59.2 Å². The molecule has 0 radical (unpaired) electrons. The smallest absolute Gasteiger partial charge is 0.241 e. The van der Waals surface area contributed by atoms with E-state index in [0.717, 1.165) is 12.0 Å². The molecule has 2 aromatic rings. The number of benzene rings is 2. The molecule has 0 aromatic heterocycles. The molecule has 0 aliphatic carbocycles. The highest BCUT2D eigenvalue weighted by atomic mass is 32.2. The van der Waals surface area contributed by atoms with E-state index in [1.165, 1.54) is 4.31 Å². The van der Waals surface area contributed by atoms with Crippen LogP contribution in [0.15, 0.2) is 47.4 Å². The van der Waals surface area contributed by atoms with Gasteiger partial charge >= 0.3 is 0 Å². The molecule has 0 unspecified atom stereocenters. The van der Waals surface area contributed by atoms with Crippen molar-refractivity contribution in [1.29, 1.82) is 0 Å². The Morgan fingerprint density at radius 1 is 1.04 bits per heavy atom. The Morgan fingerprint density at radius 2 is 1.74 bits per heavy atom. The Labute approximate surface area is 161 Å². The van der Waals surface area contributed by atoms with Crippen LogP contribution in [0.4, 0.5) is 5.69 Å². The van der Waals surface area contributed by atoms with Crippen molar-refractivity contribution in [2.45, 2.75) is 38.1 Å². The van der Waals surface area contributed by atoms with Crippen LogP contribution in [0.5, 0.6) is 0 Å².